The summed E-state index contributed by atoms with van der Waals surface area (Å²) in [7, 11) is 0. The maximum atomic E-state index is 11.4. The van der Waals surface area contributed by atoms with Crippen LogP contribution in [-0.2, 0) is 12.8 Å². The molecule has 0 spiro atoms. The summed E-state index contributed by atoms with van der Waals surface area (Å²) in [6.07, 6.45) is 3.23. The third kappa shape index (κ3) is 4.65. The number of carboxylic acid groups (broad SMARTS) is 1. The quantitative estimate of drug-likeness (QED) is 0.890. The molecule has 0 saturated heterocycles. The molecule has 0 saturated carbocycles. The zero-order chi connectivity index (χ0) is 13.0. The van der Waals surface area contributed by atoms with Crippen LogP contribution < -0.4 is 0 Å². The van der Waals surface area contributed by atoms with Crippen LogP contribution in [0.3, 0.4) is 0 Å². The first-order chi connectivity index (χ1) is 7.91. The number of hydrogen-bond acceptors (Lipinski definition) is 2. The minimum Gasteiger partial charge on any atom is -0.478 e. The fourth-order valence-corrected chi connectivity index (χ4v) is 1.96. The van der Waals surface area contributed by atoms with Crippen LogP contribution in [0.25, 0.3) is 0 Å². The maximum Gasteiger partial charge on any atom is 0.337 e. The molecule has 0 amide bonds. The molecule has 0 fully saturated rings. The van der Waals surface area contributed by atoms with Crippen LogP contribution in [0.4, 0.5) is 0 Å². The second-order valence-electron chi connectivity index (χ2n) is 5.29. The average molecular weight is 272 g/mol. The van der Waals surface area contributed by atoms with Gasteiger partial charge in [-0.05, 0) is 36.3 Å². The van der Waals surface area contributed by atoms with Gasteiger partial charge < -0.3 is 5.11 Å². The predicted octanol–water partition coefficient (Wildman–Crippen LogP) is 3.60. The van der Waals surface area contributed by atoms with E-state index >= 15 is 0 Å². The van der Waals surface area contributed by atoms with Crippen LogP contribution in [-0.4, -0.2) is 16.1 Å². The molecule has 0 unspecified atom stereocenters. The number of carboxylic acids is 1. The van der Waals surface area contributed by atoms with Crippen molar-refractivity contribution in [1.29, 1.82) is 0 Å². The van der Waals surface area contributed by atoms with Gasteiger partial charge in [-0.3, -0.25) is 4.98 Å². The third-order valence-electron chi connectivity index (χ3n) is 2.56. The first-order valence-electron chi connectivity index (χ1n) is 6.11. The molecule has 1 heterocycles. The highest BCUT2D eigenvalue weighted by molar-refractivity contribution is 5.90. The lowest BCUT2D eigenvalue weighted by Crippen LogP contribution is -2.12. The Labute approximate surface area is 115 Å². The lowest BCUT2D eigenvalue weighted by Gasteiger charge is -2.13. The van der Waals surface area contributed by atoms with Crippen LogP contribution in [0.2, 0.25) is 0 Å². The number of carbonyl (C=O) groups is 1. The van der Waals surface area contributed by atoms with E-state index in [1.807, 2.05) is 6.07 Å². The van der Waals surface area contributed by atoms with E-state index in [0.29, 0.717) is 29.5 Å². The second kappa shape index (κ2) is 7.37. The fraction of sp³-hybridized carbons (Fsp3) is 0.571. The summed E-state index contributed by atoms with van der Waals surface area (Å²) in [4.78, 5) is 15.6. The SMILES string of the molecule is CC(C)Cc1ccnc(CC(C)C)c1C(=O)O.Cl. The van der Waals surface area contributed by atoms with Crippen molar-refractivity contribution in [3.63, 3.8) is 0 Å². The Hall–Kier alpha value is -1.09. The van der Waals surface area contributed by atoms with Gasteiger partial charge in [-0.2, -0.15) is 0 Å². The van der Waals surface area contributed by atoms with Gasteiger partial charge in [0.2, 0.25) is 0 Å². The lowest BCUT2D eigenvalue weighted by atomic mass is 9.94. The number of nitrogens with zero attached hydrogens (tertiary/aromatic N) is 1. The van der Waals surface area contributed by atoms with Gasteiger partial charge in [-0.25, -0.2) is 4.79 Å². The monoisotopic (exact) mass is 271 g/mol. The highest BCUT2D eigenvalue weighted by atomic mass is 35.5. The number of aromatic carboxylic acids is 1. The molecule has 0 bridgehead atoms. The molecule has 1 aromatic heterocycles. The Morgan fingerprint density at radius 3 is 2.22 bits per heavy atom. The van der Waals surface area contributed by atoms with Crippen LogP contribution >= 0.6 is 12.4 Å². The largest absolute Gasteiger partial charge is 0.478 e. The van der Waals surface area contributed by atoms with Gasteiger partial charge in [0.1, 0.15) is 0 Å². The molecule has 0 radical (unpaired) electrons. The molecular weight excluding hydrogens is 250 g/mol. The molecule has 18 heavy (non-hydrogen) atoms. The first-order valence-corrected chi connectivity index (χ1v) is 6.11. The normalized spacial score (nSPS) is 10.6. The molecule has 0 aliphatic heterocycles. The molecule has 4 heteroatoms. The second-order valence-corrected chi connectivity index (χ2v) is 5.29. The van der Waals surface area contributed by atoms with Crippen molar-refractivity contribution >= 4 is 18.4 Å². The van der Waals surface area contributed by atoms with Crippen molar-refractivity contribution in [2.24, 2.45) is 11.8 Å². The number of hydrogen-bond donors (Lipinski definition) is 1. The Bertz CT molecular complexity index is 375. The molecule has 1 aromatic rings. The van der Waals surface area contributed by atoms with E-state index in [4.69, 9.17) is 0 Å². The van der Waals surface area contributed by atoms with E-state index in [1.165, 1.54) is 0 Å². The van der Waals surface area contributed by atoms with E-state index in [9.17, 15) is 9.90 Å². The van der Waals surface area contributed by atoms with Gasteiger partial charge in [0.05, 0.1) is 11.3 Å². The molecule has 3 nitrogen and oxygen atoms in total. The Kier molecular flexibility index (Phi) is 6.92. The molecule has 0 atom stereocenters. The fourth-order valence-electron chi connectivity index (χ4n) is 1.96. The molecule has 0 aliphatic rings. The Morgan fingerprint density at radius 1 is 1.22 bits per heavy atom. The van der Waals surface area contributed by atoms with Gasteiger partial charge in [-0.15, -0.1) is 12.4 Å². The summed E-state index contributed by atoms with van der Waals surface area (Å²) in [6.45, 7) is 8.33. The minimum atomic E-state index is -0.857. The Balaban J connectivity index is 0.00000289. The van der Waals surface area contributed by atoms with Gasteiger partial charge in [0.15, 0.2) is 0 Å². The average Bonchev–Trinajstić information content (AvgIpc) is 2.14. The van der Waals surface area contributed by atoms with Gasteiger partial charge >= 0.3 is 5.97 Å². The number of rotatable bonds is 5. The highest BCUT2D eigenvalue weighted by Crippen LogP contribution is 2.19. The van der Waals surface area contributed by atoms with E-state index in [0.717, 1.165) is 12.0 Å². The lowest BCUT2D eigenvalue weighted by molar-refractivity contribution is 0.0693. The third-order valence-corrected chi connectivity index (χ3v) is 2.56. The van der Waals surface area contributed by atoms with E-state index in [1.54, 1.807) is 6.20 Å². The topological polar surface area (TPSA) is 50.2 Å². The minimum absolute atomic E-state index is 0. The first kappa shape index (κ1) is 16.9. The van der Waals surface area contributed by atoms with E-state index in [-0.39, 0.29) is 12.4 Å². The number of aromatic nitrogens is 1. The summed E-state index contributed by atoms with van der Waals surface area (Å²) in [5.74, 6) is 0.00157. The van der Waals surface area contributed by atoms with Gasteiger partial charge in [0, 0.05) is 6.20 Å². The number of pyridine rings is 1. The van der Waals surface area contributed by atoms with E-state index < -0.39 is 5.97 Å². The van der Waals surface area contributed by atoms with Crippen molar-refractivity contribution in [1.82, 2.24) is 4.98 Å². The predicted molar refractivity (Wildman–Crippen MR) is 75.5 cm³/mol. The molecule has 1 rings (SSSR count). The maximum absolute atomic E-state index is 11.4. The summed E-state index contributed by atoms with van der Waals surface area (Å²) < 4.78 is 0. The van der Waals surface area contributed by atoms with Crippen LogP contribution in [0, 0.1) is 11.8 Å². The van der Waals surface area contributed by atoms with Crippen molar-refractivity contribution in [2.45, 2.75) is 40.5 Å². The molecule has 102 valence electrons. The molecule has 0 aromatic carbocycles. The van der Waals surface area contributed by atoms with Crippen LogP contribution in [0.1, 0.15) is 49.3 Å². The summed E-state index contributed by atoms with van der Waals surface area (Å²) in [6, 6.07) is 1.83. The van der Waals surface area contributed by atoms with Gasteiger partial charge in [-0.1, -0.05) is 27.7 Å². The summed E-state index contributed by atoms with van der Waals surface area (Å²) in [5.41, 5.74) is 2.03. The Morgan fingerprint density at radius 2 is 1.78 bits per heavy atom. The van der Waals surface area contributed by atoms with E-state index in [2.05, 4.69) is 32.7 Å². The smallest absolute Gasteiger partial charge is 0.337 e. The standard InChI is InChI=1S/C14H21NO2.ClH/c1-9(2)7-11-5-6-15-12(8-10(3)4)13(11)14(16)17;/h5-6,9-10H,7-8H2,1-4H3,(H,16,17);1H. The van der Waals surface area contributed by atoms with Gasteiger partial charge in [0.25, 0.3) is 0 Å². The van der Waals surface area contributed by atoms with Crippen molar-refractivity contribution in [2.75, 3.05) is 0 Å². The van der Waals surface area contributed by atoms with Crippen molar-refractivity contribution < 1.29 is 9.90 Å². The summed E-state index contributed by atoms with van der Waals surface area (Å²) in [5, 5.41) is 9.33. The molecular formula is C14H22ClNO2. The summed E-state index contributed by atoms with van der Waals surface area (Å²) >= 11 is 0. The van der Waals surface area contributed by atoms with Crippen LogP contribution in [0.5, 0.6) is 0 Å². The zero-order valence-corrected chi connectivity index (χ0v) is 12.3. The van der Waals surface area contributed by atoms with Crippen LogP contribution in [0.15, 0.2) is 12.3 Å². The van der Waals surface area contributed by atoms with Crippen molar-refractivity contribution in [3.8, 4) is 0 Å². The van der Waals surface area contributed by atoms with Crippen molar-refractivity contribution in [3.05, 3.63) is 29.1 Å². The highest BCUT2D eigenvalue weighted by Gasteiger charge is 2.17. The molecule has 0 aliphatic carbocycles. The zero-order valence-electron chi connectivity index (χ0n) is 11.4. The molecule has 1 N–H and O–H groups in total. The number of halogens is 1.